The summed E-state index contributed by atoms with van der Waals surface area (Å²) < 4.78 is 10.6. The Bertz CT molecular complexity index is 504. The van der Waals surface area contributed by atoms with Crippen molar-refractivity contribution in [2.45, 2.75) is 13.3 Å². The topological polar surface area (TPSA) is 88.1 Å². The van der Waals surface area contributed by atoms with E-state index in [-0.39, 0.29) is 19.0 Å². The number of carboxylic acid groups (broad SMARTS) is 1. The van der Waals surface area contributed by atoms with E-state index in [1.165, 1.54) is 19.1 Å². The van der Waals surface area contributed by atoms with E-state index in [4.69, 9.17) is 14.6 Å². The summed E-state index contributed by atoms with van der Waals surface area (Å²) in [5.74, 6) is 0.165. The zero-order chi connectivity index (χ0) is 15.8. The maximum absolute atomic E-state index is 11.9. The van der Waals surface area contributed by atoms with Gasteiger partial charge in [0.25, 0.3) is 0 Å². The summed E-state index contributed by atoms with van der Waals surface area (Å²) in [4.78, 5) is 23.7. The lowest BCUT2D eigenvalue weighted by Gasteiger charge is -2.18. The molecule has 0 aliphatic rings. The minimum atomic E-state index is -0.947. The summed E-state index contributed by atoms with van der Waals surface area (Å²) in [6.45, 7) is 2.46. The fourth-order valence-corrected chi connectivity index (χ4v) is 1.61. The number of carbonyl (C=O) groups excluding carboxylic acids is 1. The van der Waals surface area contributed by atoms with Crippen LogP contribution in [0.25, 0.3) is 0 Å². The first kappa shape index (κ1) is 16.6. The highest BCUT2D eigenvalue weighted by molar-refractivity contribution is 5.89. The largest absolute Gasteiger partial charge is 0.493 e. The van der Waals surface area contributed by atoms with Crippen molar-refractivity contribution in [3.8, 4) is 11.5 Å². The highest BCUT2D eigenvalue weighted by Crippen LogP contribution is 2.30. The molecule has 0 atom stereocenters. The molecule has 21 heavy (non-hydrogen) atoms. The predicted molar refractivity (Wildman–Crippen MR) is 78.1 cm³/mol. The number of hydrogen-bond donors (Lipinski definition) is 2. The molecular formula is C14H20N2O5. The van der Waals surface area contributed by atoms with Gasteiger partial charge in [0.1, 0.15) is 0 Å². The van der Waals surface area contributed by atoms with Crippen molar-refractivity contribution in [2.75, 3.05) is 32.6 Å². The van der Waals surface area contributed by atoms with E-state index in [9.17, 15) is 9.59 Å². The van der Waals surface area contributed by atoms with Crippen LogP contribution in [-0.4, -0.2) is 49.3 Å². The Kier molecular flexibility index (Phi) is 6.32. The van der Waals surface area contributed by atoms with Gasteiger partial charge in [-0.05, 0) is 19.1 Å². The van der Waals surface area contributed by atoms with Crippen molar-refractivity contribution in [1.29, 1.82) is 0 Å². The smallest absolute Gasteiger partial charge is 0.321 e. The summed E-state index contributed by atoms with van der Waals surface area (Å²) in [6, 6.07) is 4.65. The molecule has 116 valence electrons. The van der Waals surface area contributed by atoms with E-state index in [1.807, 2.05) is 6.92 Å². The number of urea groups is 1. The highest BCUT2D eigenvalue weighted by Gasteiger charge is 2.12. The summed E-state index contributed by atoms with van der Waals surface area (Å²) >= 11 is 0. The third-order valence-electron chi connectivity index (χ3n) is 2.72. The summed E-state index contributed by atoms with van der Waals surface area (Å²) in [6.07, 6.45) is -0.100. The average molecular weight is 296 g/mol. The number of rotatable bonds is 7. The van der Waals surface area contributed by atoms with Gasteiger partial charge in [-0.15, -0.1) is 0 Å². The van der Waals surface area contributed by atoms with E-state index in [1.54, 1.807) is 18.2 Å². The van der Waals surface area contributed by atoms with Gasteiger partial charge in [-0.1, -0.05) is 0 Å². The number of ether oxygens (including phenoxy) is 2. The molecule has 2 N–H and O–H groups in total. The maximum atomic E-state index is 11.9. The molecule has 0 heterocycles. The first-order valence-corrected chi connectivity index (χ1v) is 6.52. The quantitative estimate of drug-likeness (QED) is 0.803. The molecule has 0 fully saturated rings. The second kappa shape index (κ2) is 7.98. The Morgan fingerprint density at radius 1 is 1.33 bits per heavy atom. The van der Waals surface area contributed by atoms with Crippen molar-refractivity contribution in [3.05, 3.63) is 18.2 Å². The van der Waals surface area contributed by atoms with Crippen molar-refractivity contribution in [2.24, 2.45) is 0 Å². The molecule has 7 nitrogen and oxygen atoms in total. The molecule has 1 rings (SSSR count). The van der Waals surface area contributed by atoms with Gasteiger partial charge in [-0.2, -0.15) is 0 Å². The Balaban J connectivity index is 2.71. The zero-order valence-electron chi connectivity index (χ0n) is 12.4. The Morgan fingerprint density at radius 2 is 2.05 bits per heavy atom. The predicted octanol–water partition coefficient (Wildman–Crippen LogP) is 2.03. The molecule has 0 spiro atoms. The van der Waals surface area contributed by atoms with E-state index in [0.717, 1.165) is 0 Å². The molecule has 0 aliphatic carbocycles. The van der Waals surface area contributed by atoms with Gasteiger partial charge in [0.15, 0.2) is 11.5 Å². The maximum Gasteiger partial charge on any atom is 0.321 e. The normalized spacial score (nSPS) is 9.86. The second-order valence-corrected chi connectivity index (χ2v) is 4.29. The van der Waals surface area contributed by atoms with E-state index >= 15 is 0 Å². The van der Waals surface area contributed by atoms with Crippen molar-refractivity contribution < 1.29 is 24.2 Å². The number of nitrogens with zero attached hydrogens (tertiary/aromatic N) is 1. The number of hydrogen-bond acceptors (Lipinski definition) is 4. The third kappa shape index (κ3) is 5.21. The van der Waals surface area contributed by atoms with Crippen molar-refractivity contribution in [1.82, 2.24) is 4.90 Å². The van der Waals surface area contributed by atoms with E-state index in [0.29, 0.717) is 23.8 Å². The minimum absolute atomic E-state index is 0.100. The second-order valence-electron chi connectivity index (χ2n) is 4.29. The molecule has 0 unspecified atom stereocenters. The number of amides is 2. The number of nitrogens with one attached hydrogen (secondary N) is 1. The van der Waals surface area contributed by atoms with Gasteiger partial charge in [0.05, 0.1) is 20.1 Å². The van der Waals surface area contributed by atoms with E-state index < -0.39 is 5.97 Å². The molecule has 1 aromatic rings. The summed E-state index contributed by atoms with van der Waals surface area (Å²) in [5, 5.41) is 11.3. The molecule has 1 aromatic carbocycles. The first-order valence-electron chi connectivity index (χ1n) is 6.52. The van der Waals surface area contributed by atoms with Crippen LogP contribution >= 0.6 is 0 Å². The monoisotopic (exact) mass is 296 g/mol. The summed E-state index contributed by atoms with van der Waals surface area (Å²) in [5.41, 5.74) is 0.548. The average Bonchev–Trinajstić information content (AvgIpc) is 2.45. The van der Waals surface area contributed by atoms with Crippen LogP contribution in [0.3, 0.4) is 0 Å². The van der Waals surface area contributed by atoms with Gasteiger partial charge in [0, 0.05) is 25.3 Å². The van der Waals surface area contributed by atoms with Gasteiger partial charge in [-0.3, -0.25) is 4.79 Å². The number of carboxylic acids is 1. The van der Waals surface area contributed by atoms with Crippen LogP contribution in [0.15, 0.2) is 18.2 Å². The van der Waals surface area contributed by atoms with Gasteiger partial charge in [-0.25, -0.2) is 4.79 Å². The highest BCUT2D eigenvalue weighted by atomic mass is 16.5. The van der Waals surface area contributed by atoms with Crippen molar-refractivity contribution >= 4 is 17.7 Å². The van der Waals surface area contributed by atoms with E-state index in [2.05, 4.69) is 5.32 Å². The fourth-order valence-electron chi connectivity index (χ4n) is 1.61. The van der Waals surface area contributed by atoms with Gasteiger partial charge < -0.3 is 24.8 Å². The number of aliphatic carboxylic acids is 1. The Hall–Kier alpha value is -2.44. The molecule has 0 saturated carbocycles. The van der Waals surface area contributed by atoms with Crippen LogP contribution in [0, 0.1) is 0 Å². The number of anilines is 1. The number of benzene rings is 1. The molecule has 0 bridgehead atoms. The number of methoxy groups -OCH3 is 1. The van der Waals surface area contributed by atoms with Gasteiger partial charge >= 0.3 is 12.0 Å². The Labute approximate surface area is 123 Å². The molecule has 0 aliphatic heterocycles. The van der Waals surface area contributed by atoms with Crippen LogP contribution in [0.4, 0.5) is 10.5 Å². The molecular weight excluding hydrogens is 276 g/mol. The number of carbonyl (C=O) groups is 2. The van der Waals surface area contributed by atoms with Crippen LogP contribution < -0.4 is 14.8 Å². The van der Waals surface area contributed by atoms with Crippen molar-refractivity contribution in [3.63, 3.8) is 0 Å². The van der Waals surface area contributed by atoms with Crippen LogP contribution in [-0.2, 0) is 4.79 Å². The summed E-state index contributed by atoms with van der Waals surface area (Å²) in [7, 11) is 3.07. The van der Waals surface area contributed by atoms with Crippen LogP contribution in [0.1, 0.15) is 13.3 Å². The third-order valence-corrected chi connectivity index (χ3v) is 2.72. The van der Waals surface area contributed by atoms with Gasteiger partial charge in [0.2, 0.25) is 0 Å². The SMILES string of the molecule is CCOc1cc(NC(=O)N(C)CCC(=O)O)ccc1OC. The lowest BCUT2D eigenvalue weighted by atomic mass is 10.2. The molecule has 7 heteroatoms. The lowest BCUT2D eigenvalue weighted by Crippen LogP contribution is -2.33. The molecule has 2 amide bonds. The Morgan fingerprint density at radius 3 is 2.62 bits per heavy atom. The van der Waals surface area contributed by atoms with Crippen LogP contribution in [0.5, 0.6) is 11.5 Å². The zero-order valence-corrected chi connectivity index (χ0v) is 12.4. The van der Waals surface area contributed by atoms with Crippen LogP contribution in [0.2, 0.25) is 0 Å². The first-order chi connectivity index (χ1) is 9.97. The molecule has 0 saturated heterocycles. The molecule has 0 radical (unpaired) electrons. The fraction of sp³-hybridized carbons (Fsp3) is 0.429. The lowest BCUT2D eigenvalue weighted by molar-refractivity contribution is -0.137. The standard InChI is InChI=1S/C14H20N2O5/c1-4-21-12-9-10(5-6-11(12)20-3)15-14(19)16(2)8-7-13(17)18/h5-6,9H,4,7-8H2,1-3H3,(H,15,19)(H,17,18). The molecule has 0 aromatic heterocycles. The minimum Gasteiger partial charge on any atom is -0.493 e.